The lowest BCUT2D eigenvalue weighted by Crippen LogP contribution is -2.37. The monoisotopic (exact) mass is 297 g/mol. The summed E-state index contributed by atoms with van der Waals surface area (Å²) < 4.78 is 0. The summed E-state index contributed by atoms with van der Waals surface area (Å²) in [6, 6.07) is 4.80. The molecular weight excluding hydrogens is 278 g/mol. The summed E-state index contributed by atoms with van der Waals surface area (Å²) in [5, 5.41) is 14.8. The summed E-state index contributed by atoms with van der Waals surface area (Å²) in [7, 11) is 2.13. The van der Waals surface area contributed by atoms with Crippen molar-refractivity contribution in [3.63, 3.8) is 0 Å². The lowest BCUT2D eigenvalue weighted by atomic mass is 9.98. The summed E-state index contributed by atoms with van der Waals surface area (Å²) in [5.41, 5.74) is 0.661. The van der Waals surface area contributed by atoms with Gasteiger partial charge in [-0.3, -0.25) is 10.1 Å². The Morgan fingerprint density at radius 1 is 1.55 bits per heavy atom. The number of rotatable bonds is 5. The molecule has 20 heavy (non-hydrogen) atoms. The predicted octanol–water partition coefficient (Wildman–Crippen LogP) is 2.68. The van der Waals surface area contributed by atoms with E-state index in [-0.39, 0.29) is 10.6 Å². The molecule has 0 spiro atoms. The van der Waals surface area contributed by atoms with Crippen LogP contribution in [0.1, 0.15) is 18.4 Å². The Morgan fingerprint density at radius 2 is 2.35 bits per heavy atom. The van der Waals surface area contributed by atoms with Gasteiger partial charge in [-0.15, -0.1) is 0 Å². The van der Waals surface area contributed by atoms with E-state index in [1.54, 1.807) is 12.1 Å². The van der Waals surface area contributed by atoms with Crippen molar-refractivity contribution in [2.45, 2.75) is 19.4 Å². The number of nitro groups is 1. The van der Waals surface area contributed by atoms with E-state index in [0.717, 1.165) is 19.6 Å². The summed E-state index contributed by atoms with van der Waals surface area (Å²) >= 11 is 6.07. The van der Waals surface area contributed by atoms with Gasteiger partial charge >= 0.3 is 0 Å². The Hall–Kier alpha value is -1.17. The van der Waals surface area contributed by atoms with E-state index in [2.05, 4.69) is 17.3 Å². The molecule has 1 heterocycles. The quantitative estimate of drug-likeness (QED) is 0.670. The Kier molecular flexibility index (Phi) is 5.34. The molecule has 5 nitrogen and oxygen atoms in total. The van der Waals surface area contributed by atoms with Crippen molar-refractivity contribution >= 4 is 17.3 Å². The van der Waals surface area contributed by atoms with Crippen LogP contribution >= 0.6 is 11.6 Å². The summed E-state index contributed by atoms with van der Waals surface area (Å²) in [4.78, 5) is 12.9. The van der Waals surface area contributed by atoms with E-state index >= 15 is 0 Å². The number of hydrogen-bond donors (Lipinski definition) is 1. The van der Waals surface area contributed by atoms with Crippen molar-refractivity contribution in [1.82, 2.24) is 10.2 Å². The van der Waals surface area contributed by atoms with Crippen molar-refractivity contribution in [2.24, 2.45) is 5.92 Å². The molecule has 1 fully saturated rings. The van der Waals surface area contributed by atoms with E-state index in [0.29, 0.717) is 23.0 Å². The number of benzene rings is 1. The van der Waals surface area contributed by atoms with Gasteiger partial charge in [-0.05, 0) is 45.0 Å². The zero-order chi connectivity index (χ0) is 14.5. The van der Waals surface area contributed by atoms with Crippen LogP contribution in [0.2, 0.25) is 5.02 Å². The number of nitrogens with zero attached hydrogens (tertiary/aromatic N) is 2. The third-order valence-corrected chi connectivity index (χ3v) is 4.10. The second kappa shape index (κ2) is 7.02. The highest BCUT2D eigenvalue weighted by molar-refractivity contribution is 6.31. The topological polar surface area (TPSA) is 58.4 Å². The number of nitro benzene ring substituents is 1. The van der Waals surface area contributed by atoms with E-state index in [1.165, 1.54) is 18.9 Å². The average molecular weight is 298 g/mol. The molecule has 0 amide bonds. The summed E-state index contributed by atoms with van der Waals surface area (Å²) in [5.74, 6) is 0.607. The lowest BCUT2D eigenvalue weighted by Gasteiger charge is -2.29. The van der Waals surface area contributed by atoms with Gasteiger partial charge < -0.3 is 10.2 Å². The largest absolute Gasteiger partial charge is 0.312 e. The first-order valence-electron chi connectivity index (χ1n) is 6.89. The van der Waals surface area contributed by atoms with E-state index in [1.807, 2.05) is 0 Å². The molecule has 1 aromatic rings. The van der Waals surface area contributed by atoms with Gasteiger partial charge in [0.25, 0.3) is 5.69 Å². The van der Waals surface area contributed by atoms with Crippen molar-refractivity contribution in [3.8, 4) is 0 Å². The Labute approximate surface area is 124 Å². The molecule has 6 heteroatoms. The van der Waals surface area contributed by atoms with E-state index in [9.17, 15) is 10.1 Å². The molecule has 0 bridgehead atoms. The van der Waals surface area contributed by atoms with Crippen molar-refractivity contribution in [2.75, 3.05) is 26.7 Å². The summed E-state index contributed by atoms with van der Waals surface area (Å²) in [6.45, 7) is 3.55. The number of halogens is 1. The van der Waals surface area contributed by atoms with Crippen LogP contribution in [0.3, 0.4) is 0 Å². The zero-order valence-electron chi connectivity index (χ0n) is 11.6. The van der Waals surface area contributed by atoms with Gasteiger partial charge in [-0.1, -0.05) is 17.7 Å². The molecule has 1 saturated heterocycles. The smallest absolute Gasteiger partial charge is 0.275 e. The first-order valence-corrected chi connectivity index (χ1v) is 7.26. The van der Waals surface area contributed by atoms with Crippen molar-refractivity contribution in [3.05, 3.63) is 38.9 Å². The van der Waals surface area contributed by atoms with E-state index in [4.69, 9.17) is 11.6 Å². The zero-order valence-corrected chi connectivity index (χ0v) is 12.4. The van der Waals surface area contributed by atoms with Crippen LogP contribution in [0.15, 0.2) is 18.2 Å². The van der Waals surface area contributed by atoms with Crippen LogP contribution < -0.4 is 5.32 Å². The van der Waals surface area contributed by atoms with Gasteiger partial charge in [-0.25, -0.2) is 0 Å². The van der Waals surface area contributed by atoms with Crippen molar-refractivity contribution < 1.29 is 4.92 Å². The molecule has 1 aliphatic rings. The maximum absolute atomic E-state index is 11.0. The SMILES string of the molecule is CN1CCCC(CNCc2c(Cl)cccc2[N+](=O)[O-])C1. The maximum Gasteiger partial charge on any atom is 0.275 e. The lowest BCUT2D eigenvalue weighted by molar-refractivity contribution is -0.385. The highest BCUT2D eigenvalue weighted by atomic mass is 35.5. The molecule has 2 rings (SSSR count). The van der Waals surface area contributed by atoms with Crippen LogP contribution in [0.4, 0.5) is 5.69 Å². The van der Waals surface area contributed by atoms with Crippen LogP contribution in [0.25, 0.3) is 0 Å². The molecular formula is C14H20ClN3O2. The second-order valence-electron chi connectivity index (χ2n) is 5.40. The predicted molar refractivity (Wildman–Crippen MR) is 80.0 cm³/mol. The summed E-state index contributed by atoms with van der Waals surface area (Å²) in [6.07, 6.45) is 2.43. The third-order valence-electron chi connectivity index (χ3n) is 3.75. The first kappa shape index (κ1) is 15.2. The maximum atomic E-state index is 11.0. The molecule has 0 radical (unpaired) electrons. The van der Waals surface area contributed by atoms with Gasteiger partial charge in [0.2, 0.25) is 0 Å². The number of hydrogen-bond acceptors (Lipinski definition) is 4. The van der Waals surface area contributed by atoms with E-state index < -0.39 is 0 Å². The Bertz CT molecular complexity index is 481. The van der Waals surface area contributed by atoms with Crippen LogP contribution in [-0.2, 0) is 6.54 Å². The van der Waals surface area contributed by atoms with Crippen LogP contribution in [0, 0.1) is 16.0 Å². The third kappa shape index (κ3) is 3.91. The number of piperidine rings is 1. The molecule has 0 aromatic heterocycles. The van der Waals surface area contributed by atoms with Crippen LogP contribution in [-0.4, -0.2) is 36.5 Å². The minimum atomic E-state index is -0.378. The second-order valence-corrected chi connectivity index (χ2v) is 5.80. The van der Waals surface area contributed by atoms with Crippen molar-refractivity contribution in [1.29, 1.82) is 0 Å². The van der Waals surface area contributed by atoms with Gasteiger partial charge in [0, 0.05) is 19.2 Å². The van der Waals surface area contributed by atoms with Crippen LogP contribution in [0.5, 0.6) is 0 Å². The molecule has 1 aromatic carbocycles. The highest BCUT2D eigenvalue weighted by Crippen LogP contribution is 2.26. The fourth-order valence-corrected chi connectivity index (χ4v) is 2.97. The van der Waals surface area contributed by atoms with Gasteiger partial charge in [0.15, 0.2) is 0 Å². The van der Waals surface area contributed by atoms with Gasteiger partial charge in [0.05, 0.1) is 15.5 Å². The Morgan fingerprint density at radius 3 is 3.05 bits per heavy atom. The first-order chi connectivity index (χ1) is 9.58. The molecule has 1 aliphatic heterocycles. The molecule has 1 N–H and O–H groups in total. The molecule has 1 unspecified atom stereocenters. The minimum Gasteiger partial charge on any atom is -0.312 e. The minimum absolute atomic E-state index is 0.0887. The normalized spacial score (nSPS) is 20.0. The fraction of sp³-hybridized carbons (Fsp3) is 0.571. The Balaban J connectivity index is 1.92. The molecule has 0 aliphatic carbocycles. The molecule has 110 valence electrons. The number of nitrogens with one attached hydrogen (secondary N) is 1. The number of likely N-dealkylation sites (tertiary alicyclic amines) is 1. The van der Waals surface area contributed by atoms with Gasteiger partial charge in [0.1, 0.15) is 0 Å². The fourth-order valence-electron chi connectivity index (χ4n) is 2.73. The highest BCUT2D eigenvalue weighted by Gasteiger charge is 2.19. The van der Waals surface area contributed by atoms with Gasteiger partial charge in [-0.2, -0.15) is 0 Å². The molecule has 1 atom stereocenters. The average Bonchev–Trinajstić information content (AvgIpc) is 2.40. The standard InChI is InChI=1S/C14H20ClN3O2/c1-17-7-3-4-11(10-17)8-16-9-12-13(15)5-2-6-14(12)18(19)20/h2,5-6,11,16H,3-4,7-10H2,1H3. The molecule has 0 saturated carbocycles.